The van der Waals surface area contributed by atoms with Crippen molar-refractivity contribution in [3.05, 3.63) is 46.5 Å². The van der Waals surface area contributed by atoms with Crippen molar-refractivity contribution in [2.24, 2.45) is 5.73 Å². The predicted molar refractivity (Wildman–Crippen MR) is 78.8 cm³/mol. The fraction of sp³-hybridized carbons (Fsp3) is 0.214. The first kappa shape index (κ1) is 16.9. The molecule has 1 aromatic carbocycles. The van der Waals surface area contributed by atoms with Gasteiger partial charge in [-0.2, -0.15) is 13.2 Å². The summed E-state index contributed by atoms with van der Waals surface area (Å²) in [5, 5.41) is 4.42. The average Bonchev–Trinajstić information content (AvgIpc) is 2.84. The van der Waals surface area contributed by atoms with Gasteiger partial charge in [0.2, 0.25) is 11.8 Å². The minimum atomic E-state index is -4.40. The number of thiazole rings is 1. The number of halogens is 3. The molecule has 0 saturated heterocycles. The van der Waals surface area contributed by atoms with E-state index >= 15 is 0 Å². The van der Waals surface area contributed by atoms with Gasteiger partial charge in [-0.25, -0.2) is 4.98 Å². The molecule has 0 aliphatic rings. The highest BCUT2D eigenvalue weighted by atomic mass is 32.1. The molecule has 0 saturated carbocycles. The third-order valence-electron chi connectivity index (χ3n) is 2.80. The van der Waals surface area contributed by atoms with Crippen molar-refractivity contribution in [1.82, 2.24) is 4.98 Å². The van der Waals surface area contributed by atoms with Crippen LogP contribution in [0.25, 0.3) is 0 Å². The van der Waals surface area contributed by atoms with Crippen LogP contribution in [0.2, 0.25) is 0 Å². The molecule has 1 heterocycles. The van der Waals surface area contributed by atoms with E-state index in [-0.39, 0.29) is 12.8 Å². The van der Waals surface area contributed by atoms with Crippen LogP contribution >= 0.6 is 11.3 Å². The second kappa shape index (κ2) is 6.78. The highest BCUT2D eigenvalue weighted by Crippen LogP contribution is 2.29. The Kier molecular flexibility index (Phi) is 4.99. The summed E-state index contributed by atoms with van der Waals surface area (Å²) in [6.45, 7) is 0. The Hall–Kier alpha value is -2.42. The van der Waals surface area contributed by atoms with Crippen LogP contribution < -0.4 is 11.1 Å². The van der Waals surface area contributed by atoms with E-state index < -0.39 is 23.6 Å². The SMILES string of the molecule is NC(=O)Cc1csc(NC(=O)Cc2ccc(C(F)(F)F)cc2)n1. The predicted octanol–water partition coefficient (Wildman–Crippen LogP) is 2.37. The fourth-order valence-corrected chi connectivity index (χ4v) is 2.51. The molecule has 1 aromatic heterocycles. The standard InChI is InChI=1S/C14H12F3N3O2S/c15-14(16,17)9-3-1-8(2-4-9)5-12(22)20-13-19-10(7-23-13)6-11(18)21/h1-4,7H,5-6H2,(H2,18,21)(H,19,20,22). The minimum Gasteiger partial charge on any atom is -0.369 e. The summed E-state index contributed by atoms with van der Waals surface area (Å²) < 4.78 is 37.3. The summed E-state index contributed by atoms with van der Waals surface area (Å²) >= 11 is 1.14. The number of amides is 2. The maximum absolute atomic E-state index is 12.4. The van der Waals surface area contributed by atoms with Crippen LogP contribution in [0.3, 0.4) is 0 Å². The first-order chi connectivity index (χ1) is 10.7. The Balaban J connectivity index is 1.94. The van der Waals surface area contributed by atoms with Crippen LogP contribution in [0.1, 0.15) is 16.8 Å². The van der Waals surface area contributed by atoms with Gasteiger partial charge in [0.1, 0.15) is 0 Å². The number of benzene rings is 1. The lowest BCUT2D eigenvalue weighted by molar-refractivity contribution is -0.137. The number of nitrogens with zero attached hydrogens (tertiary/aromatic N) is 1. The van der Waals surface area contributed by atoms with Gasteiger partial charge in [0.25, 0.3) is 0 Å². The fourth-order valence-electron chi connectivity index (χ4n) is 1.78. The van der Waals surface area contributed by atoms with E-state index in [1.165, 1.54) is 12.1 Å². The number of carbonyl (C=O) groups excluding carboxylic acids is 2. The molecule has 5 nitrogen and oxygen atoms in total. The van der Waals surface area contributed by atoms with E-state index in [1.54, 1.807) is 5.38 Å². The van der Waals surface area contributed by atoms with Gasteiger partial charge in [0.05, 0.1) is 24.1 Å². The van der Waals surface area contributed by atoms with E-state index in [2.05, 4.69) is 10.3 Å². The number of anilines is 1. The highest BCUT2D eigenvalue weighted by Gasteiger charge is 2.29. The summed E-state index contributed by atoms with van der Waals surface area (Å²) in [5.74, 6) is -0.942. The van der Waals surface area contributed by atoms with Crippen LogP contribution in [0, 0.1) is 0 Å². The molecule has 0 fully saturated rings. The van der Waals surface area contributed by atoms with Gasteiger partial charge in [-0.3, -0.25) is 9.59 Å². The Morgan fingerprint density at radius 2 is 1.83 bits per heavy atom. The molecule has 0 bridgehead atoms. The van der Waals surface area contributed by atoms with Gasteiger partial charge >= 0.3 is 6.18 Å². The molecule has 0 unspecified atom stereocenters. The first-order valence-corrected chi connectivity index (χ1v) is 7.30. The lowest BCUT2D eigenvalue weighted by Gasteiger charge is -2.07. The van der Waals surface area contributed by atoms with Crippen LogP contribution in [-0.4, -0.2) is 16.8 Å². The zero-order valence-electron chi connectivity index (χ0n) is 11.7. The van der Waals surface area contributed by atoms with Crippen LogP contribution in [0.4, 0.5) is 18.3 Å². The maximum atomic E-state index is 12.4. The molecule has 0 aliphatic carbocycles. The molecule has 9 heteroatoms. The molecular formula is C14H12F3N3O2S. The topological polar surface area (TPSA) is 85.1 Å². The van der Waals surface area contributed by atoms with Crippen molar-refractivity contribution in [2.75, 3.05) is 5.32 Å². The summed E-state index contributed by atoms with van der Waals surface area (Å²) in [6, 6.07) is 4.36. The highest BCUT2D eigenvalue weighted by molar-refractivity contribution is 7.13. The van der Waals surface area contributed by atoms with Crippen LogP contribution in [0.15, 0.2) is 29.6 Å². The third kappa shape index (κ3) is 5.06. The molecule has 2 aromatic rings. The molecule has 2 amide bonds. The quantitative estimate of drug-likeness (QED) is 0.874. The van der Waals surface area contributed by atoms with Crippen LogP contribution in [0.5, 0.6) is 0 Å². The molecule has 0 spiro atoms. The number of aromatic nitrogens is 1. The smallest absolute Gasteiger partial charge is 0.369 e. The van der Waals surface area contributed by atoms with Crippen molar-refractivity contribution in [2.45, 2.75) is 19.0 Å². The molecule has 3 N–H and O–H groups in total. The van der Waals surface area contributed by atoms with Crippen molar-refractivity contribution in [1.29, 1.82) is 0 Å². The number of nitrogens with two attached hydrogens (primary N) is 1. The zero-order valence-corrected chi connectivity index (χ0v) is 12.5. The monoisotopic (exact) mass is 343 g/mol. The lowest BCUT2D eigenvalue weighted by atomic mass is 10.1. The molecule has 122 valence electrons. The average molecular weight is 343 g/mol. The van der Waals surface area contributed by atoms with Crippen molar-refractivity contribution < 1.29 is 22.8 Å². The van der Waals surface area contributed by atoms with Gasteiger partial charge in [-0.15, -0.1) is 11.3 Å². The third-order valence-corrected chi connectivity index (χ3v) is 3.61. The molecule has 0 aliphatic heterocycles. The summed E-state index contributed by atoms with van der Waals surface area (Å²) in [4.78, 5) is 26.6. The van der Waals surface area contributed by atoms with Gasteiger partial charge in [0, 0.05) is 5.38 Å². The lowest BCUT2D eigenvalue weighted by Crippen LogP contribution is -2.15. The van der Waals surface area contributed by atoms with Crippen molar-refractivity contribution in [3.63, 3.8) is 0 Å². The molecule has 0 radical (unpaired) electrons. The summed E-state index contributed by atoms with van der Waals surface area (Å²) in [7, 11) is 0. The zero-order chi connectivity index (χ0) is 17.0. The van der Waals surface area contributed by atoms with Crippen molar-refractivity contribution in [3.8, 4) is 0 Å². The Bertz CT molecular complexity index is 711. The Morgan fingerprint density at radius 3 is 2.39 bits per heavy atom. The number of carbonyl (C=O) groups is 2. The van der Waals surface area contributed by atoms with E-state index in [0.29, 0.717) is 16.4 Å². The Morgan fingerprint density at radius 1 is 1.17 bits per heavy atom. The second-order valence-corrected chi connectivity index (χ2v) is 5.56. The van der Waals surface area contributed by atoms with Gasteiger partial charge in [0.15, 0.2) is 5.13 Å². The molecule has 0 atom stereocenters. The van der Waals surface area contributed by atoms with E-state index in [1.807, 2.05) is 0 Å². The normalized spacial score (nSPS) is 11.3. The second-order valence-electron chi connectivity index (χ2n) is 4.71. The Labute approximate surface area is 133 Å². The number of hydrogen-bond donors (Lipinski definition) is 2. The minimum absolute atomic E-state index is 0.0225. The van der Waals surface area contributed by atoms with E-state index in [9.17, 15) is 22.8 Å². The van der Waals surface area contributed by atoms with Gasteiger partial charge < -0.3 is 11.1 Å². The number of primary amides is 1. The van der Waals surface area contributed by atoms with Crippen molar-refractivity contribution >= 4 is 28.3 Å². The van der Waals surface area contributed by atoms with E-state index in [4.69, 9.17) is 5.73 Å². The van der Waals surface area contributed by atoms with E-state index in [0.717, 1.165) is 23.5 Å². The largest absolute Gasteiger partial charge is 0.416 e. The first-order valence-electron chi connectivity index (χ1n) is 6.43. The molecular weight excluding hydrogens is 331 g/mol. The number of nitrogens with one attached hydrogen (secondary N) is 1. The number of alkyl halides is 3. The molecule has 23 heavy (non-hydrogen) atoms. The molecule has 2 rings (SSSR count). The summed E-state index contributed by atoms with van der Waals surface area (Å²) in [6.07, 6.45) is -4.51. The number of rotatable bonds is 5. The number of hydrogen-bond acceptors (Lipinski definition) is 4. The maximum Gasteiger partial charge on any atom is 0.416 e. The summed E-state index contributed by atoms with van der Waals surface area (Å²) in [5.41, 5.74) is 5.17. The van der Waals surface area contributed by atoms with Gasteiger partial charge in [-0.05, 0) is 17.7 Å². The van der Waals surface area contributed by atoms with Gasteiger partial charge in [-0.1, -0.05) is 12.1 Å². The van der Waals surface area contributed by atoms with Crippen LogP contribution in [-0.2, 0) is 28.6 Å².